The minimum Gasteiger partial charge on any atom is -0.503 e. The molecule has 2 heterocycles. The van der Waals surface area contributed by atoms with Crippen LogP contribution in [0.3, 0.4) is 0 Å². The van der Waals surface area contributed by atoms with Crippen LogP contribution in [-0.2, 0) is 0 Å². The molecule has 2 aromatic heterocycles. The lowest BCUT2D eigenvalue weighted by atomic mass is 9.84. The molecule has 0 radical (unpaired) electrons. The van der Waals surface area contributed by atoms with Gasteiger partial charge in [0.1, 0.15) is 5.75 Å². The van der Waals surface area contributed by atoms with E-state index in [0.29, 0.717) is 22.7 Å². The lowest BCUT2D eigenvalue weighted by Crippen LogP contribution is -2.14. The van der Waals surface area contributed by atoms with Crippen molar-refractivity contribution < 1.29 is 19.7 Å². The van der Waals surface area contributed by atoms with Crippen LogP contribution in [0.1, 0.15) is 59.6 Å². The zero-order valence-electron chi connectivity index (χ0n) is 19.6. The van der Waals surface area contributed by atoms with Crippen molar-refractivity contribution in [2.24, 2.45) is 0 Å². The Bertz CT molecular complexity index is 1320. The lowest BCUT2D eigenvalue weighted by molar-refractivity contribution is 0.103. The molecular weight excluding hydrogens is 440 g/mol. The number of aromatic nitrogens is 2. The van der Waals surface area contributed by atoms with Crippen molar-refractivity contribution in [3.63, 3.8) is 0 Å². The van der Waals surface area contributed by atoms with Crippen LogP contribution >= 0.6 is 0 Å². The molecule has 2 N–H and O–H groups in total. The number of pyridine rings is 1. The van der Waals surface area contributed by atoms with Gasteiger partial charge in [0, 0.05) is 35.3 Å². The number of ketones is 1. The highest BCUT2D eigenvalue weighted by Crippen LogP contribution is 2.46. The Balaban J connectivity index is 1.62. The summed E-state index contributed by atoms with van der Waals surface area (Å²) in [5, 5.41) is 22.1. The lowest BCUT2D eigenvalue weighted by Gasteiger charge is -2.25. The van der Waals surface area contributed by atoms with Crippen LogP contribution in [-0.4, -0.2) is 32.7 Å². The minimum atomic E-state index is -0.371. The number of ether oxygens (including phenoxy) is 1. The normalized spacial score (nSPS) is 14.1. The molecule has 1 fully saturated rings. The summed E-state index contributed by atoms with van der Waals surface area (Å²) in [4.78, 5) is 17.7. The standard InChI is InChI=1S/C29H28N2O4/c1-35-24-13-9-22(10-14-24)27(32)25-26(21-5-3-2-4-6-21)31(29(34)28(25)33)23-11-7-19(8-12-23)20-15-17-30-18-16-20/h7-18,21,33-34H,2-6H2,1H3. The van der Waals surface area contributed by atoms with Crippen molar-refractivity contribution in [2.75, 3.05) is 7.11 Å². The van der Waals surface area contributed by atoms with Crippen LogP contribution in [0, 0.1) is 0 Å². The maximum atomic E-state index is 13.6. The number of methoxy groups -OCH3 is 1. The van der Waals surface area contributed by atoms with Crippen LogP contribution in [0.25, 0.3) is 16.8 Å². The summed E-state index contributed by atoms with van der Waals surface area (Å²) in [5.41, 5.74) is 4.04. The first-order valence-corrected chi connectivity index (χ1v) is 11.9. The zero-order valence-corrected chi connectivity index (χ0v) is 19.6. The predicted octanol–water partition coefficient (Wildman–Crippen LogP) is 6.24. The summed E-state index contributed by atoms with van der Waals surface area (Å²) in [7, 11) is 1.57. The number of nitrogens with zero attached hydrogens (tertiary/aromatic N) is 2. The van der Waals surface area contributed by atoms with Crippen LogP contribution in [0.2, 0.25) is 0 Å². The molecule has 0 aliphatic heterocycles. The second-order valence-electron chi connectivity index (χ2n) is 8.94. The second kappa shape index (κ2) is 9.66. The van der Waals surface area contributed by atoms with Gasteiger partial charge < -0.3 is 14.9 Å². The minimum absolute atomic E-state index is 0.0626. The van der Waals surface area contributed by atoms with Gasteiger partial charge in [-0.1, -0.05) is 31.4 Å². The first-order valence-electron chi connectivity index (χ1n) is 11.9. The fourth-order valence-electron chi connectivity index (χ4n) is 5.05. The third-order valence-corrected chi connectivity index (χ3v) is 6.87. The maximum absolute atomic E-state index is 13.6. The van der Waals surface area contributed by atoms with Crippen molar-refractivity contribution >= 4 is 5.78 Å². The third kappa shape index (κ3) is 4.28. The molecule has 0 spiro atoms. The Morgan fingerprint density at radius 2 is 1.51 bits per heavy atom. The number of hydrogen-bond acceptors (Lipinski definition) is 5. The molecule has 0 bridgehead atoms. The first-order chi connectivity index (χ1) is 17.1. The van der Waals surface area contributed by atoms with Gasteiger partial charge in [-0.3, -0.25) is 14.3 Å². The molecule has 0 amide bonds. The molecule has 35 heavy (non-hydrogen) atoms. The smallest absolute Gasteiger partial charge is 0.240 e. The molecule has 1 saturated carbocycles. The summed E-state index contributed by atoms with van der Waals surface area (Å²) in [5.74, 6) is -0.280. The van der Waals surface area contributed by atoms with E-state index in [-0.39, 0.29) is 28.9 Å². The molecule has 0 unspecified atom stereocenters. The molecule has 0 atom stereocenters. The third-order valence-electron chi connectivity index (χ3n) is 6.87. The van der Waals surface area contributed by atoms with E-state index in [1.165, 1.54) is 0 Å². The van der Waals surface area contributed by atoms with E-state index in [4.69, 9.17) is 4.74 Å². The number of hydrogen-bond donors (Lipinski definition) is 2. The van der Waals surface area contributed by atoms with Crippen LogP contribution in [0.5, 0.6) is 17.4 Å². The Morgan fingerprint density at radius 3 is 2.14 bits per heavy atom. The number of benzene rings is 2. The second-order valence-corrected chi connectivity index (χ2v) is 8.94. The van der Waals surface area contributed by atoms with E-state index in [9.17, 15) is 15.0 Å². The quantitative estimate of drug-likeness (QED) is 0.327. The van der Waals surface area contributed by atoms with Gasteiger partial charge in [0.15, 0.2) is 11.5 Å². The summed E-state index contributed by atoms with van der Waals surface area (Å²) < 4.78 is 6.86. The molecule has 1 aliphatic carbocycles. The van der Waals surface area contributed by atoms with Crippen LogP contribution in [0.15, 0.2) is 73.1 Å². The topological polar surface area (TPSA) is 84.6 Å². The fourth-order valence-corrected chi connectivity index (χ4v) is 5.05. The van der Waals surface area contributed by atoms with Gasteiger partial charge in [-0.15, -0.1) is 0 Å². The van der Waals surface area contributed by atoms with E-state index < -0.39 is 0 Å². The Kier molecular flexibility index (Phi) is 6.27. The highest BCUT2D eigenvalue weighted by atomic mass is 16.5. The van der Waals surface area contributed by atoms with Crippen molar-refractivity contribution in [3.05, 3.63) is 89.9 Å². The molecule has 0 saturated heterocycles. The monoisotopic (exact) mass is 468 g/mol. The Labute approximate surface area is 204 Å². The van der Waals surface area contributed by atoms with E-state index in [1.807, 2.05) is 36.4 Å². The largest absolute Gasteiger partial charge is 0.503 e. The number of aromatic hydroxyl groups is 2. The summed E-state index contributed by atoms with van der Waals surface area (Å²) in [6.45, 7) is 0. The average Bonchev–Trinajstić information content (AvgIpc) is 3.19. The highest BCUT2D eigenvalue weighted by Gasteiger charge is 2.33. The van der Waals surface area contributed by atoms with E-state index >= 15 is 0 Å². The van der Waals surface area contributed by atoms with Gasteiger partial charge in [-0.2, -0.15) is 0 Å². The van der Waals surface area contributed by atoms with Gasteiger partial charge in [0.05, 0.1) is 12.7 Å². The average molecular weight is 469 g/mol. The highest BCUT2D eigenvalue weighted by molar-refractivity contribution is 6.12. The number of rotatable bonds is 6. The molecule has 6 nitrogen and oxygen atoms in total. The van der Waals surface area contributed by atoms with Gasteiger partial charge >= 0.3 is 0 Å². The Hall–Kier alpha value is -4.06. The van der Waals surface area contributed by atoms with Gasteiger partial charge in [0.25, 0.3) is 0 Å². The van der Waals surface area contributed by atoms with Gasteiger partial charge in [-0.25, -0.2) is 0 Å². The number of carbonyl (C=O) groups excluding carboxylic acids is 1. The summed E-state index contributed by atoms with van der Waals surface area (Å²) >= 11 is 0. The molecule has 178 valence electrons. The van der Waals surface area contributed by atoms with E-state index in [2.05, 4.69) is 4.98 Å². The van der Waals surface area contributed by atoms with Gasteiger partial charge in [0.2, 0.25) is 5.88 Å². The van der Waals surface area contributed by atoms with Crippen molar-refractivity contribution in [1.29, 1.82) is 0 Å². The zero-order chi connectivity index (χ0) is 24.4. The molecule has 1 aliphatic rings. The van der Waals surface area contributed by atoms with Crippen LogP contribution < -0.4 is 4.74 Å². The Morgan fingerprint density at radius 1 is 0.886 bits per heavy atom. The predicted molar refractivity (Wildman–Crippen MR) is 135 cm³/mol. The maximum Gasteiger partial charge on any atom is 0.240 e. The fraction of sp³-hybridized carbons (Fsp3) is 0.241. The van der Waals surface area contributed by atoms with Crippen molar-refractivity contribution in [2.45, 2.75) is 38.0 Å². The van der Waals surface area contributed by atoms with Crippen LogP contribution in [0.4, 0.5) is 0 Å². The van der Waals surface area contributed by atoms with E-state index in [0.717, 1.165) is 43.2 Å². The molecular formula is C29H28N2O4. The molecule has 4 aromatic rings. The molecule has 2 aromatic carbocycles. The van der Waals surface area contributed by atoms with E-state index in [1.54, 1.807) is 48.3 Å². The van der Waals surface area contributed by atoms with Crippen molar-refractivity contribution in [3.8, 4) is 34.2 Å². The molecule has 5 rings (SSSR count). The SMILES string of the molecule is COc1ccc(C(=O)c2c(O)c(O)n(-c3ccc(-c4ccncc4)cc3)c2C2CCCCC2)cc1. The first kappa shape index (κ1) is 22.7. The molecule has 6 heteroatoms. The summed E-state index contributed by atoms with van der Waals surface area (Å²) in [6, 6.07) is 18.4. The van der Waals surface area contributed by atoms with Gasteiger partial charge in [-0.05, 0) is 72.5 Å². The summed E-state index contributed by atoms with van der Waals surface area (Å²) in [6.07, 6.45) is 8.55. The number of carbonyl (C=O) groups is 1. The van der Waals surface area contributed by atoms with Crippen molar-refractivity contribution in [1.82, 2.24) is 9.55 Å².